The predicted octanol–water partition coefficient (Wildman–Crippen LogP) is 0.481. The second-order valence-corrected chi connectivity index (χ2v) is 3.68. The minimum absolute atomic E-state index is 0.0223. The van der Waals surface area contributed by atoms with Crippen LogP contribution in [0, 0.1) is 0 Å². The Morgan fingerprint density at radius 3 is 3.00 bits per heavy atom. The third-order valence-corrected chi connectivity index (χ3v) is 2.32. The fraction of sp³-hybridized carbons (Fsp3) is 0.545. The molecule has 88 valence electrons. The molecule has 0 spiro atoms. The van der Waals surface area contributed by atoms with Crippen LogP contribution in [-0.2, 0) is 11.3 Å². The minimum Gasteiger partial charge on any atom is -0.349 e. The molecule has 0 fully saturated rings. The quantitative estimate of drug-likeness (QED) is 0.734. The lowest BCUT2D eigenvalue weighted by molar-refractivity contribution is -0.120. The highest BCUT2D eigenvalue weighted by atomic mass is 16.1. The average Bonchev–Trinajstić information content (AvgIpc) is 2.34. The van der Waals surface area contributed by atoms with Crippen LogP contribution in [0.25, 0.3) is 0 Å². The van der Waals surface area contributed by atoms with Crippen LogP contribution in [0.4, 0.5) is 0 Å². The zero-order chi connectivity index (χ0) is 11.8. The minimum atomic E-state index is -0.0223. The van der Waals surface area contributed by atoms with Crippen LogP contribution in [0.3, 0.4) is 0 Å². The molecule has 1 atom stereocenters. The van der Waals surface area contributed by atoms with E-state index in [1.807, 2.05) is 6.07 Å². The Bertz CT molecular complexity index is 315. The number of amides is 1. The maximum Gasteiger partial charge on any atom is 0.234 e. The molecule has 0 aliphatic heterocycles. The average molecular weight is 222 g/mol. The number of hydrogen-bond donors (Lipinski definition) is 2. The number of rotatable bonds is 6. The number of nitrogens with zero attached hydrogens (tertiary/aromatic N) is 2. The van der Waals surface area contributed by atoms with Crippen molar-refractivity contribution in [3.63, 3.8) is 0 Å². The smallest absolute Gasteiger partial charge is 0.234 e. The highest BCUT2D eigenvalue weighted by Gasteiger charge is 2.03. The summed E-state index contributed by atoms with van der Waals surface area (Å²) in [7, 11) is 0. The summed E-state index contributed by atoms with van der Waals surface area (Å²) in [5, 5.41) is 13.5. The lowest BCUT2D eigenvalue weighted by Gasteiger charge is -2.10. The van der Waals surface area contributed by atoms with Gasteiger partial charge in [0.05, 0.1) is 18.8 Å². The Morgan fingerprint density at radius 2 is 2.38 bits per heavy atom. The van der Waals surface area contributed by atoms with E-state index in [0.29, 0.717) is 19.1 Å². The van der Waals surface area contributed by atoms with E-state index in [1.54, 1.807) is 12.3 Å². The van der Waals surface area contributed by atoms with E-state index in [9.17, 15) is 4.79 Å². The van der Waals surface area contributed by atoms with Crippen molar-refractivity contribution in [1.82, 2.24) is 20.8 Å². The molecule has 0 saturated heterocycles. The summed E-state index contributed by atoms with van der Waals surface area (Å²) in [6.45, 7) is 4.90. The fourth-order valence-corrected chi connectivity index (χ4v) is 1.09. The fourth-order valence-electron chi connectivity index (χ4n) is 1.09. The van der Waals surface area contributed by atoms with Crippen molar-refractivity contribution >= 4 is 5.91 Å². The lowest BCUT2D eigenvalue weighted by Crippen LogP contribution is -2.37. The Morgan fingerprint density at radius 1 is 1.56 bits per heavy atom. The lowest BCUT2D eigenvalue weighted by atomic mass is 10.2. The molecule has 16 heavy (non-hydrogen) atoms. The molecule has 5 nitrogen and oxygen atoms in total. The summed E-state index contributed by atoms with van der Waals surface area (Å²) < 4.78 is 0. The van der Waals surface area contributed by atoms with Crippen LogP contribution in [0.1, 0.15) is 26.0 Å². The van der Waals surface area contributed by atoms with Crippen LogP contribution >= 0.6 is 0 Å². The van der Waals surface area contributed by atoms with E-state index in [1.165, 1.54) is 0 Å². The van der Waals surface area contributed by atoms with Gasteiger partial charge in [0, 0.05) is 12.2 Å². The van der Waals surface area contributed by atoms with Gasteiger partial charge in [-0.2, -0.15) is 10.2 Å². The predicted molar refractivity (Wildman–Crippen MR) is 61.6 cm³/mol. The first-order valence-electron chi connectivity index (χ1n) is 5.49. The monoisotopic (exact) mass is 222 g/mol. The van der Waals surface area contributed by atoms with E-state index in [2.05, 4.69) is 34.7 Å². The van der Waals surface area contributed by atoms with Crippen LogP contribution in [0.15, 0.2) is 18.3 Å². The second kappa shape index (κ2) is 6.90. The Labute approximate surface area is 95.7 Å². The van der Waals surface area contributed by atoms with Crippen molar-refractivity contribution in [1.29, 1.82) is 0 Å². The second-order valence-electron chi connectivity index (χ2n) is 3.68. The summed E-state index contributed by atoms with van der Waals surface area (Å²) >= 11 is 0. The van der Waals surface area contributed by atoms with Gasteiger partial charge >= 0.3 is 0 Å². The molecule has 2 N–H and O–H groups in total. The molecule has 0 aliphatic carbocycles. The molecule has 0 bridgehead atoms. The van der Waals surface area contributed by atoms with Crippen molar-refractivity contribution in [2.24, 2.45) is 0 Å². The van der Waals surface area contributed by atoms with Gasteiger partial charge in [-0.3, -0.25) is 4.79 Å². The van der Waals surface area contributed by atoms with Crippen molar-refractivity contribution in [2.45, 2.75) is 32.9 Å². The Kier molecular flexibility index (Phi) is 5.42. The molecular formula is C11H18N4O. The van der Waals surface area contributed by atoms with E-state index < -0.39 is 0 Å². The number of nitrogens with one attached hydrogen (secondary N) is 2. The molecule has 1 aromatic heterocycles. The largest absolute Gasteiger partial charge is 0.349 e. The third kappa shape index (κ3) is 4.84. The van der Waals surface area contributed by atoms with Crippen molar-refractivity contribution in [3.8, 4) is 0 Å². The van der Waals surface area contributed by atoms with Gasteiger partial charge in [-0.15, -0.1) is 0 Å². The number of carbonyl (C=O) groups is 1. The molecule has 1 unspecified atom stereocenters. The van der Waals surface area contributed by atoms with Crippen LogP contribution in [0.2, 0.25) is 0 Å². The molecule has 1 rings (SSSR count). The number of aromatic nitrogens is 2. The molecule has 1 amide bonds. The first-order chi connectivity index (χ1) is 7.72. The summed E-state index contributed by atoms with van der Waals surface area (Å²) in [6.07, 6.45) is 2.62. The topological polar surface area (TPSA) is 66.9 Å². The molecule has 0 aromatic carbocycles. The number of carbonyl (C=O) groups excluding carboxylic acids is 1. The maximum absolute atomic E-state index is 11.4. The zero-order valence-corrected chi connectivity index (χ0v) is 9.73. The standard InChI is InChI=1S/C11H18N4O/c1-3-9(2)12-8-11(16)13-7-10-5-4-6-14-15-10/h4-6,9,12H,3,7-8H2,1-2H3,(H,13,16). The Hall–Kier alpha value is -1.49. The van der Waals surface area contributed by atoms with Gasteiger partial charge in [-0.05, 0) is 25.5 Å². The van der Waals surface area contributed by atoms with Gasteiger partial charge in [-0.1, -0.05) is 6.92 Å². The highest BCUT2D eigenvalue weighted by Crippen LogP contribution is 1.90. The first kappa shape index (κ1) is 12.6. The van der Waals surface area contributed by atoms with Gasteiger partial charge in [0.25, 0.3) is 0 Å². The van der Waals surface area contributed by atoms with Crippen LogP contribution < -0.4 is 10.6 Å². The van der Waals surface area contributed by atoms with E-state index in [0.717, 1.165) is 12.1 Å². The third-order valence-electron chi connectivity index (χ3n) is 2.32. The molecule has 0 saturated carbocycles. The van der Waals surface area contributed by atoms with Crippen LogP contribution in [-0.4, -0.2) is 28.7 Å². The normalized spacial score (nSPS) is 12.1. The summed E-state index contributed by atoms with van der Waals surface area (Å²) in [6, 6.07) is 3.99. The van der Waals surface area contributed by atoms with Crippen LogP contribution in [0.5, 0.6) is 0 Å². The van der Waals surface area contributed by atoms with E-state index >= 15 is 0 Å². The highest BCUT2D eigenvalue weighted by molar-refractivity contribution is 5.77. The zero-order valence-electron chi connectivity index (χ0n) is 9.73. The Balaban J connectivity index is 2.20. The molecule has 5 heteroatoms. The van der Waals surface area contributed by atoms with Crippen molar-refractivity contribution in [2.75, 3.05) is 6.54 Å². The molecule has 0 radical (unpaired) electrons. The first-order valence-corrected chi connectivity index (χ1v) is 5.49. The van der Waals surface area contributed by atoms with Gasteiger partial charge in [-0.25, -0.2) is 0 Å². The van der Waals surface area contributed by atoms with Crippen molar-refractivity contribution in [3.05, 3.63) is 24.0 Å². The van der Waals surface area contributed by atoms with Gasteiger partial charge in [0.2, 0.25) is 5.91 Å². The number of hydrogen-bond acceptors (Lipinski definition) is 4. The summed E-state index contributed by atoms with van der Waals surface area (Å²) in [4.78, 5) is 11.4. The van der Waals surface area contributed by atoms with E-state index in [-0.39, 0.29) is 5.91 Å². The van der Waals surface area contributed by atoms with Crippen molar-refractivity contribution < 1.29 is 4.79 Å². The summed E-state index contributed by atoms with van der Waals surface area (Å²) in [5.74, 6) is -0.0223. The van der Waals surface area contributed by atoms with Gasteiger partial charge in [0.15, 0.2) is 0 Å². The summed E-state index contributed by atoms with van der Waals surface area (Å²) in [5.41, 5.74) is 0.763. The molecule has 1 heterocycles. The van der Waals surface area contributed by atoms with E-state index in [4.69, 9.17) is 0 Å². The van der Waals surface area contributed by atoms with Gasteiger partial charge in [0.1, 0.15) is 0 Å². The van der Waals surface area contributed by atoms with Gasteiger partial charge < -0.3 is 10.6 Å². The molecular weight excluding hydrogens is 204 g/mol. The maximum atomic E-state index is 11.4. The SMILES string of the molecule is CCC(C)NCC(=O)NCc1cccnn1. The molecule has 0 aliphatic rings. The molecule has 1 aromatic rings.